The molecule has 6 nitrogen and oxygen atoms in total. The Hall–Kier alpha value is -1.43. The van der Waals surface area contributed by atoms with E-state index < -0.39 is 0 Å². The number of likely N-dealkylation sites (tertiary alicyclic amines) is 1. The van der Waals surface area contributed by atoms with Crippen LogP contribution in [0.3, 0.4) is 0 Å². The van der Waals surface area contributed by atoms with Crippen LogP contribution in [0.4, 0.5) is 5.95 Å². The monoisotopic (exact) mass is 237 g/mol. The summed E-state index contributed by atoms with van der Waals surface area (Å²) in [5.74, 6) is 0.365. The van der Waals surface area contributed by atoms with Crippen LogP contribution in [0.2, 0.25) is 0 Å². The van der Waals surface area contributed by atoms with Crippen LogP contribution in [0.15, 0.2) is 6.33 Å². The van der Waals surface area contributed by atoms with Gasteiger partial charge in [0.15, 0.2) is 0 Å². The van der Waals surface area contributed by atoms with E-state index in [9.17, 15) is 4.79 Å². The van der Waals surface area contributed by atoms with Crippen molar-refractivity contribution in [3.8, 4) is 0 Å². The van der Waals surface area contributed by atoms with Crippen molar-refractivity contribution < 1.29 is 4.79 Å². The molecule has 0 bridgehead atoms. The fourth-order valence-corrected chi connectivity index (χ4v) is 2.60. The van der Waals surface area contributed by atoms with Crippen LogP contribution in [-0.4, -0.2) is 44.1 Å². The highest BCUT2D eigenvalue weighted by molar-refractivity contribution is 5.93. The lowest BCUT2D eigenvalue weighted by Gasteiger charge is -2.31. The first-order chi connectivity index (χ1) is 8.09. The van der Waals surface area contributed by atoms with E-state index in [0.717, 1.165) is 12.8 Å². The summed E-state index contributed by atoms with van der Waals surface area (Å²) >= 11 is 0. The lowest BCUT2D eigenvalue weighted by molar-refractivity contribution is -0.121. The van der Waals surface area contributed by atoms with Gasteiger partial charge in [0.25, 0.3) is 0 Å². The Morgan fingerprint density at radius 3 is 2.71 bits per heavy atom. The van der Waals surface area contributed by atoms with E-state index in [0.29, 0.717) is 18.0 Å². The predicted octanol–water partition coefficient (Wildman–Crippen LogP) is 1.00. The lowest BCUT2D eigenvalue weighted by Crippen LogP contribution is -2.47. The summed E-state index contributed by atoms with van der Waals surface area (Å²) in [6, 6.07) is 0.772. The van der Waals surface area contributed by atoms with Crippen molar-refractivity contribution >= 4 is 11.9 Å². The second-order valence-corrected chi connectivity index (χ2v) is 4.72. The molecule has 1 amide bonds. The SMILES string of the molecule is CC1CCC(C)N1C(C)C(=O)Nc1ncn[nH]1. The molecule has 0 spiro atoms. The van der Waals surface area contributed by atoms with Gasteiger partial charge in [0, 0.05) is 12.1 Å². The minimum absolute atomic E-state index is 0.0395. The minimum Gasteiger partial charge on any atom is -0.294 e. The maximum Gasteiger partial charge on any atom is 0.243 e. The molecular formula is C11H19N5O. The van der Waals surface area contributed by atoms with Gasteiger partial charge in [0.05, 0.1) is 6.04 Å². The topological polar surface area (TPSA) is 73.9 Å². The Labute approximate surface area is 101 Å². The molecule has 94 valence electrons. The van der Waals surface area contributed by atoms with Crippen LogP contribution in [0.5, 0.6) is 0 Å². The average Bonchev–Trinajstić information content (AvgIpc) is 2.89. The zero-order chi connectivity index (χ0) is 12.4. The van der Waals surface area contributed by atoms with Gasteiger partial charge < -0.3 is 0 Å². The highest BCUT2D eigenvalue weighted by Gasteiger charge is 2.34. The van der Waals surface area contributed by atoms with Crippen LogP contribution in [0.25, 0.3) is 0 Å². The molecule has 0 radical (unpaired) electrons. The third kappa shape index (κ3) is 2.46. The van der Waals surface area contributed by atoms with Crippen molar-refractivity contribution in [2.24, 2.45) is 0 Å². The van der Waals surface area contributed by atoms with Gasteiger partial charge >= 0.3 is 0 Å². The number of carbonyl (C=O) groups excluding carboxylic acids is 1. The van der Waals surface area contributed by atoms with Gasteiger partial charge in [-0.1, -0.05) is 0 Å². The number of aromatic amines is 1. The second kappa shape index (κ2) is 4.83. The van der Waals surface area contributed by atoms with Crippen LogP contribution in [0, 0.1) is 0 Å². The van der Waals surface area contributed by atoms with Gasteiger partial charge in [-0.25, -0.2) is 5.10 Å². The average molecular weight is 237 g/mol. The predicted molar refractivity (Wildman–Crippen MR) is 64.5 cm³/mol. The van der Waals surface area contributed by atoms with Crippen molar-refractivity contribution in [3.63, 3.8) is 0 Å². The maximum absolute atomic E-state index is 12.0. The zero-order valence-corrected chi connectivity index (χ0v) is 10.5. The van der Waals surface area contributed by atoms with Crippen LogP contribution < -0.4 is 5.32 Å². The van der Waals surface area contributed by atoms with E-state index >= 15 is 0 Å². The van der Waals surface area contributed by atoms with Crippen molar-refractivity contribution in [2.75, 3.05) is 5.32 Å². The number of rotatable bonds is 3. The number of hydrogen-bond donors (Lipinski definition) is 2. The second-order valence-electron chi connectivity index (χ2n) is 4.72. The summed E-state index contributed by atoms with van der Waals surface area (Å²) in [5.41, 5.74) is 0. The van der Waals surface area contributed by atoms with Crippen LogP contribution >= 0.6 is 0 Å². The van der Waals surface area contributed by atoms with Crippen LogP contribution in [-0.2, 0) is 4.79 Å². The van der Waals surface area contributed by atoms with Crippen molar-refractivity contribution in [2.45, 2.75) is 51.7 Å². The lowest BCUT2D eigenvalue weighted by atomic mass is 10.2. The van der Waals surface area contributed by atoms with Gasteiger partial charge in [-0.15, -0.1) is 0 Å². The van der Waals surface area contributed by atoms with Crippen molar-refractivity contribution in [1.82, 2.24) is 20.1 Å². The Balaban J connectivity index is 1.99. The Kier molecular flexibility index (Phi) is 3.42. The van der Waals surface area contributed by atoms with Gasteiger partial charge in [-0.3, -0.25) is 15.0 Å². The van der Waals surface area contributed by atoms with Gasteiger partial charge in [0.2, 0.25) is 11.9 Å². The highest BCUT2D eigenvalue weighted by atomic mass is 16.2. The molecule has 17 heavy (non-hydrogen) atoms. The molecular weight excluding hydrogens is 218 g/mol. The number of nitrogens with zero attached hydrogens (tertiary/aromatic N) is 3. The summed E-state index contributed by atoms with van der Waals surface area (Å²) in [6.07, 6.45) is 3.68. The Morgan fingerprint density at radius 1 is 1.53 bits per heavy atom. The third-order valence-corrected chi connectivity index (χ3v) is 3.50. The number of H-pyrrole nitrogens is 1. The van der Waals surface area contributed by atoms with E-state index in [1.165, 1.54) is 6.33 Å². The molecule has 1 aliphatic rings. The first kappa shape index (κ1) is 12.0. The van der Waals surface area contributed by atoms with Crippen LogP contribution in [0.1, 0.15) is 33.6 Å². The molecule has 0 aliphatic carbocycles. The third-order valence-electron chi connectivity index (χ3n) is 3.50. The van der Waals surface area contributed by atoms with Gasteiger partial charge in [0.1, 0.15) is 6.33 Å². The maximum atomic E-state index is 12.0. The molecule has 3 atom stereocenters. The normalized spacial score (nSPS) is 27.0. The molecule has 1 fully saturated rings. The smallest absolute Gasteiger partial charge is 0.243 e. The van der Waals surface area contributed by atoms with E-state index in [2.05, 4.69) is 39.2 Å². The van der Waals surface area contributed by atoms with E-state index in [1.807, 2.05) is 6.92 Å². The zero-order valence-electron chi connectivity index (χ0n) is 10.5. The number of aromatic nitrogens is 3. The van der Waals surface area contributed by atoms with E-state index in [-0.39, 0.29) is 11.9 Å². The molecule has 1 aromatic heterocycles. The largest absolute Gasteiger partial charge is 0.294 e. The number of amides is 1. The highest BCUT2D eigenvalue weighted by Crippen LogP contribution is 2.26. The first-order valence-electron chi connectivity index (χ1n) is 6.03. The Morgan fingerprint density at radius 2 is 2.18 bits per heavy atom. The Bertz CT molecular complexity index is 367. The molecule has 2 rings (SSSR count). The summed E-state index contributed by atoms with van der Waals surface area (Å²) in [6.45, 7) is 6.27. The molecule has 2 heterocycles. The minimum atomic E-state index is -0.146. The molecule has 0 aromatic carbocycles. The van der Waals surface area contributed by atoms with Gasteiger partial charge in [-0.2, -0.15) is 10.1 Å². The van der Waals surface area contributed by atoms with Crippen molar-refractivity contribution in [3.05, 3.63) is 6.33 Å². The first-order valence-corrected chi connectivity index (χ1v) is 6.03. The number of carbonyl (C=O) groups is 1. The van der Waals surface area contributed by atoms with Gasteiger partial charge in [-0.05, 0) is 33.6 Å². The van der Waals surface area contributed by atoms with E-state index in [4.69, 9.17) is 0 Å². The molecule has 6 heteroatoms. The quantitative estimate of drug-likeness (QED) is 0.822. The summed E-state index contributed by atoms with van der Waals surface area (Å²) in [5, 5.41) is 9.05. The summed E-state index contributed by atoms with van der Waals surface area (Å²) < 4.78 is 0. The molecule has 1 aromatic rings. The number of hydrogen-bond acceptors (Lipinski definition) is 4. The fourth-order valence-electron chi connectivity index (χ4n) is 2.60. The summed E-state index contributed by atoms with van der Waals surface area (Å²) in [7, 11) is 0. The fraction of sp³-hybridized carbons (Fsp3) is 0.727. The summed E-state index contributed by atoms with van der Waals surface area (Å²) in [4.78, 5) is 18.2. The molecule has 1 aliphatic heterocycles. The van der Waals surface area contributed by atoms with E-state index in [1.54, 1.807) is 0 Å². The standard InChI is InChI=1S/C11H19N5O/c1-7-4-5-8(2)16(7)9(3)10(17)14-11-12-6-13-15-11/h6-9H,4-5H2,1-3H3,(H2,12,13,14,15,17). The molecule has 1 saturated heterocycles. The molecule has 0 saturated carbocycles. The molecule has 2 N–H and O–H groups in total. The van der Waals surface area contributed by atoms with Crippen molar-refractivity contribution in [1.29, 1.82) is 0 Å². The number of nitrogens with one attached hydrogen (secondary N) is 2. The molecule has 3 unspecified atom stereocenters. The number of anilines is 1.